The van der Waals surface area contributed by atoms with Crippen molar-refractivity contribution in [3.63, 3.8) is 0 Å². The number of hydrogen-bond donors (Lipinski definition) is 2. The Hall–Kier alpha value is -0.910. The monoisotopic (exact) mass is 252 g/mol. The van der Waals surface area contributed by atoms with Gasteiger partial charge in [0.2, 0.25) is 0 Å². The highest BCUT2D eigenvalue weighted by atomic mass is 79.9. The van der Waals surface area contributed by atoms with Gasteiger partial charge in [0.15, 0.2) is 0 Å². The number of pyridine rings is 1. The Balaban J connectivity index is 3.22. The number of hydrogen-bond acceptors (Lipinski definition) is 3. The molecule has 0 aliphatic carbocycles. The van der Waals surface area contributed by atoms with Crippen LogP contribution in [0.1, 0.15) is 17.8 Å². The summed E-state index contributed by atoms with van der Waals surface area (Å²) in [4.78, 5) is 3.52. The molecule has 0 saturated heterocycles. The Bertz CT molecular complexity index is 320. The quantitative estimate of drug-likeness (QED) is 0.794. The van der Waals surface area contributed by atoms with Gasteiger partial charge in [-0.25, -0.2) is 13.8 Å². The van der Waals surface area contributed by atoms with Crippen LogP contribution in [0.4, 0.5) is 14.5 Å². The Morgan fingerprint density at radius 2 is 2.23 bits per heavy atom. The van der Waals surface area contributed by atoms with E-state index in [0.717, 1.165) is 6.07 Å². The number of aromatic hydroxyl groups is 1. The van der Waals surface area contributed by atoms with E-state index in [2.05, 4.69) is 20.9 Å². The van der Waals surface area contributed by atoms with Crippen LogP contribution in [0.15, 0.2) is 6.07 Å². The van der Waals surface area contributed by atoms with E-state index in [9.17, 15) is 8.78 Å². The van der Waals surface area contributed by atoms with Crippen molar-refractivity contribution >= 4 is 21.6 Å². The fraction of sp³-hybridized carbons (Fsp3) is 0.286. The van der Waals surface area contributed by atoms with Gasteiger partial charge in [-0.2, -0.15) is 0 Å². The summed E-state index contributed by atoms with van der Waals surface area (Å²) in [5.41, 5.74) is 5.26. The Kier molecular flexibility index (Phi) is 3.02. The summed E-state index contributed by atoms with van der Waals surface area (Å²) in [5, 5.41) is 9.32. The Labute approximate surface area is 81.7 Å². The van der Waals surface area contributed by atoms with E-state index in [-0.39, 0.29) is 11.0 Å². The van der Waals surface area contributed by atoms with Gasteiger partial charge in [0.05, 0.1) is 11.4 Å². The van der Waals surface area contributed by atoms with E-state index in [1.54, 1.807) is 0 Å². The average molecular weight is 253 g/mol. The predicted molar refractivity (Wildman–Crippen MR) is 47.9 cm³/mol. The minimum atomic E-state index is -2.79. The molecule has 72 valence electrons. The zero-order valence-corrected chi connectivity index (χ0v) is 8.05. The molecule has 0 amide bonds. The maximum Gasteiger partial charge on any atom is 0.284 e. The molecule has 1 aromatic rings. The lowest BCUT2D eigenvalue weighted by molar-refractivity contribution is 0.141. The summed E-state index contributed by atoms with van der Waals surface area (Å²) < 4.78 is 24.4. The number of halogens is 3. The van der Waals surface area contributed by atoms with Crippen LogP contribution in [-0.4, -0.2) is 10.1 Å². The number of nitrogens with two attached hydrogens (primary N) is 1. The number of anilines is 1. The van der Waals surface area contributed by atoms with E-state index >= 15 is 0 Å². The first-order chi connectivity index (χ1) is 6.06. The van der Waals surface area contributed by atoms with Crippen molar-refractivity contribution in [2.45, 2.75) is 11.8 Å². The lowest BCUT2D eigenvalue weighted by Crippen LogP contribution is -2.00. The number of rotatable bonds is 2. The van der Waals surface area contributed by atoms with Crippen LogP contribution in [0.25, 0.3) is 0 Å². The van der Waals surface area contributed by atoms with Crippen LogP contribution in [-0.2, 0) is 5.33 Å². The molecule has 0 radical (unpaired) electrons. The van der Waals surface area contributed by atoms with Crippen molar-refractivity contribution in [3.8, 4) is 5.75 Å². The second-order valence-corrected chi connectivity index (χ2v) is 2.92. The Morgan fingerprint density at radius 1 is 1.62 bits per heavy atom. The summed E-state index contributed by atoms with van der Waals surface area (Å²) in [7, 11) is 0. The van der Waals surface area contributed by atoms with Crippen molar-refractivity contribution in [1.29, 1.82) is 0 Å². The van der Waals surface area contributed by atoms with Gasteiger partial charge in [0.1, 0.15) is 11.4 Å². The molecule has 0 fully saturated rings. The molecule has 0 aliphatic heterocycles. The van der Waals surface area contributed by atoms with Gasteiger partial charge in [0.25, 0.3) is 6.43 Å². The molecule has 0 spiro atoms. The van der Waals surface area contributed by atoms with E-state index in [1.807, 2.05) is 0 Å². The van der Waals surface area contributed by atoms with E-state index in [0.29, 0.717) is 5.69 Å². The van der Waals surface area contributed by atoms with Gasteiger partial charge < -0.3 is 10.8 Å². The molecule has 0 aliphatic rings. The largest absolute Gasteiger partial charge is 0.506 e. The number of aromatic nitrogens is 1. The normalized spacial score (nSPS) is 10.8. The zero-order chi connectivity index (χ0) is 10.0. The Morgan fingerprint density at radius 3 is 2.69 bits per heavy atom. The van der Waals surface area contributed by atoms with E-state index < -0.39 is 17.9 Å². The van der Waals surface area contributed by atoms with Crippen LogP contribution in [0.2, 0.25) is 0 Å². The van der Waals surface area contributed by atoms with Gasteiger partial charge in [0, 0.05) is 11.4 Å². The number of nitrogen functional groups attached to an aromatic ring is 1. The fourth-order valence-electron chi connectivity index (χ4n) is 0.839. The van der Waals surface area contributed by atoms with Gasteiger partial charge in [-0.1, -0.05) is 15.9 Å². The molecular formula is C7H7BrF2N2O. The highest BCUT2D eigenvalue weighted by molar-refractivity contribution is 9.08. The first-order valence-corrected chi connectivity index (χ1v) is 4.50. The number of alkyl halides is 3. The van der Waals surface area contributed by atoms with Crippen LogP contribution in [0, 0.1) is 0 Å². The summed E-state index contributed by atoms with van der Waals surface area (Å²) >= 11 is 3.05. The third-order valence-electron chi connectivity index (χ3n) is 1.48. The van der Waals surface area contributed by atoms with Gasteiger partial charge in [-0.3, -0.25) is 0 Å². The maximum absolute atomic E-state index is 12.2. The van der Waals surface area contributed by atoms with E-state index in [1.165, 1.54) is 0 Å². The zero-order valence-electron chi connectivity index (χ0n) is 6.47. The summed E-state index contributed by atoms with van der Waals surface area (Å²) in [6.45, 7) is 0. The van der Waals surface area contributed by atoms with Crippen LogP contribution in [0.3, 0.4) is 0 Å². The fourth-order valence-corrected chi connectivity index (χ4v) is 1.29. The molecule has 1 rings (SSSR count). The molecule has 0 atom stereocenters. The summed E-state index contributed by atoms with van der Waals surface area (Å²) in [6, 6.07) is 1.07. The van der Waals surface area contributed by atoms with Gasteiger partial charge in [-0.15, -0.1) is 0 Å². The highest BCUT2D eigenvalue weighted by Gasteiger charge is 2.16. The van der Waals surface area contributed by atoms with E-state index in [4.69, 9.17) is 10.8 Å². The molecule has 13 heavy (non-hydrogen) atoms. The van der Waals surface area contributed by atoms with Crippen LogP contribution >= 0.6 is 15.9 Å². The standard InChI is InChI=1S/C7H7BrF2N2O/c8-2-4-3(11)1-5(13)6(12-4)7(9)10/h1,7,13H,2,11H2. The molecule has 0 bridgehead atoms. The third-order valence-corrected chi connectivity index (χ3v) is 2.01. The van der Waals surface area contributed by atoms with Crippen molar-refractivity contribution in [3.05, 3.63) is 17.5 Å². The molecule has 3 N–H and O–H groups in total. The predicted octanol–water partition coefficient (Wildman–Crippen LogP) is 2.20. The van der Waals surface area contributed by atoms with Crippen molar-refractivity contribution < 1.29 is 13.9 Å². The number of nitrogens with zero attached hydrogens (tertiary/aromatic N) is 1. The topological polar surface area (TPSA) is 59.1 Å². The van der Waals surface area contributed by atoms with Crippen molar-refractivity contribution in [2.75, 3.05) is 5.73 Å². The minimum absolute atomic E-state index is 0.193. The molecule has 0 unspecified atom stereocenters. The van der Waals surface area contributed by atoms with Crippen LogP contribution in [0.5, 0.6) is 5.75 Å². The van der Waals surface area contributed by atoms with Gasteiger partial charge in [-0.05, 0) is 0 Å². The molecule has 3 nitrogen and oxygen atoms in total. The second-order valence-electron chi connectivity index (χ2n) is 2.36. The summed E-state index contributed by atoms with van der Waals surface area (Å²) in [5.74, 6) is -0.572. The SMILES string of the molecule is Nc1cc(O)c(C(F)F)nc1CBr. The molecule has 1 aromatic heterocycles. The molecular weight excluding hydrogens is 246 g/mol. The van der Waals surface area contributed by atoms with Crippen molar-refractivity contribution in [2.24, 2.45) is 0 Å². The molecule has 0 saturated carbocycles. The average Bonchev–Trinajstić information content (AvgIpc) is 2.03. The van der Waals surface area contributed by atoms with Crippen LogP contribution < -0.4 is 5.73 Å². The highest BCUT2D eigenvalue weighted by Crippen LogP contribution is 2.29. The third kappa shape index (κ3) is 2.06. The van der Waals surface area contributed by atoms with Gasteiger partial charge >= 0.3 is 0 Å². The summed E-state index contributed by atoms with van der Waals surface area (Å²) in [6.07, 6.45) is -2.79. The lowest BCUT2D eigenvalue weighted by atomic mass is 10.2. The minimum Gasteiger partial charge on any atom is -0.506 e. The first kappa shape index (κ1) is 10.2. The molecule has 6 heteroatoms. The molecule has 0 aromatic carbocycles. The lowest BCUT2D eigenvalue weighted by Gasteiger charge is -2.06. The van der Waals surface area contributed by atoms with Crippen molar-refractivity contribution in [1.82, 2.24) is 4.98 Å². The smallest absolute Gasteiger partial charge is 0.284 e. The second kappa shape index (κ2) is 3.87. The molecule has 1 heterocycles. The maximum atomic E-state index is 12.2. The first-order valence-electron chi connectivity index (χ1n) is 3.38.